The molecule has 1 aromatic carbocycles. The highest BCUT2D eigenvalue weighted by Crippen LogP contribution is 2.24. The first kappa shape index (κ1) is 62.5. The second kappa shape index (κ2) is 34.7. The normalized spacial score (nSPS) is 19.0. The molecule has 1 aromatic rings. The van der Waals surface area contributed by atoms with Gasteiger partial charge in [-0.15, -0.1) is 0 Å². The molecule has 0 aromatic heterocycles. The van der Waals surface area contributed by atoms with Crippen molar-refractivity contribution in [2.75, 3.05) is 49.7 Å². The number of aliphatic imine (C=N–C) groups is 1. The molecular weight excluding hydrogens is 993 g/mol. The van der Waals surface area contributed by atoms with Gasteiger partial charge in [0.25, 0.3) is 0 Å². The van der Waals surface area contributed by atoms with Crippen molar-refractivity contribution in [3.05, 3.63) is 35.9 Å². The van der Waals surface area contributed by atoms with Crippen LogP contribution in [0.25, 0.3) is 0 Å². The number of Topliss-reactive ketones (excluding diaryl/α,β-unsaturated/α-hetero) is 1. The van der Waals surface area contributed by atoms with Gasteiger partial charge in [0.1, 0.15) is 36.3 Å². The van der Waals surface area contributed by atoms with Crippen LogP contribution in [0.1, 0.15) is 84.6 Å². The van der Waals surface area contributed by atoms with E-state index in [9.17, 15) is 53.1 Å². The van der Waals surface area contributed by atoms with Crippen LogP contribution in [-0.2, 0) is 54.4 Å². The Bertz CT molecular complexity index is 2000. The molecule has 1 aliphatic rings. The van der Waals surface area contributed by atoms with Crippen molar-refractivity contribution >= 4 is 98.3 Å². The minimum absolute atomic E-state index is 0.0277. The first-order valence-electron chi connectivity index (χ1n) is 23.9. The number of thioether (sulfide) groups is 1. The van der Waals surface area contributed by atoms with Crippen molar-refractivity contribution in [1.82, 2.24) is 47.9 Å². The van der Waals surface area contributed by atoms with Gasteiger partial charge >= 0.3 is 5.97 Å². The number of nitrogens with two attached hydrogens (primary N) is 2. The third-order valence-corrected chi connectivity index (χ3v) is 13.8. The van der Waals surface area contributed by atoms with Crippen molar-refractivity contribution in [1.29, 1.82) is 0 Å². The number of nitrogens with one attached hydrogen (secondary N) is 9. The number of benzene rings is 1. The number of guanidine groups is 1. The van der Waals surface area contributed by atoms with Crippen LogP contribution in [-0.4, -0.2) is 162 Å². The fourth-order valence-electron chi connectivity index (χ4n) is 6.72. The first-order valence-corrected chi connectivity index (χ1v) is 27.7. The van der Waals surface area contributed by atoms with E-state index >= 15 is 0 Å². The zero-order valence-corrected chi connectivity index (χ0v) is 44.1. The summed E-state index contributed by atoms with van der Waals surface area (Å²) in [4.78, 5) is 138. The Kier molecular flexibility index (Phi) is 30.1. The Morgan fingerprint density at radius 2 is 1.54 bits per heavy atom. The van der Waals surface area contributed by atoms with E-state index < -0.39 is 96.5 Å². The average molecular weight is 1070 g/mol. The lowest BCUT2D eigenvalue weighted by Gasteiger charge is -2.26. The van der Waals surface area contributed by atoms with E-state index in [1.165, 1.54) is 0 Å². The van der Waals surface area contributed by atoms with Gasteiger partial charge in [-0.05, 0) is 62.6 Å². The number of carbonyl (C=O) groups is 10. The summed E-state index contributed by atoms with van der Waals surface area (Å²) in [5, 5.41) is 33.6. The van der Waals surface area contributed by atoms with E-state index in [1.807, 2.05) is 20.1 Å². The second-order valence-corrected chi connectivity index (χ2v) is 21.1. The third-order valence-electron chi connectivity index (χ3n) is 10.7. The number of carboxylic acid groups (broad SMARTS) is 1. The molecular formula is C46H74N12O11S3. The second-order valence-electron chi connectivity index (χ2n) is 17.5. The van der Waals surface area contributed by atoms with E-state index in [2.05, 4.69) is 52.8 Å². The number of unbranched alkanes of at least 4 members (excludes halogenated alkanes) is 1. The van der Waals surface area contributed by atoms with Gasteiger partial charge in [-0.1, -0.05) is 79.6 Å². The first-order chi connectivity index (χ1) is 34.2. The molecule has 0 saturated carbocycles. The van der Waals surface area contributed by atoms with Crippen LogP contribution in [0, 0.1) is 5.92 Å². The van der Waals surface area contributed by atoms with Crippen molar-refractivity contribution in [3.8, 4) is 0 Å². The summed E-state index contributed by atoms with van der Waals surface area (Å²) < 4.78 is 0. The summed E-state index contributed by atoms with van der Waals surface area (Å²) >= 11 is 1.58. The number of aliphatic carboxylic acids is 1. The molecule has 0 spiro atoms. The third kappa shape index (κ3) is 26.2. The van der Waals surface area contributed by atoms with Crippen LogP contribution in [0.15, 0.2) is 35.3 Å². The van der Waals surface area contributed by atoms with Gasteiger partial charge in [0.2, 0.25) is 47.3 Å². The number of rotatable bonds is 27. The molecule has 23 nitrogen and oxygen atoms in total. The van der Waals surface area contributed by atoms with Crippen LogP contribution in [0.3, 0.4) is 0 Å². The minimum Gasteiger partial charge on any atom is -0.481 e. The van der Waals surface area contributed by atoms with Gasteiger partial charge in [-0.3, -0.25) is 52.9 Å². The van der Waals surface area contributed by atoms with Crippen LogP contribution in [0.4, 0.5) is 0 Å². The Labute approximate surface area is 433 Å². The van der Waals surface area contributed by atoms with Crippen LogP contribution in [0.5, 0.6) is 0 Å². The van der Waals surface area contributed by atoms with Gasteiger partial charge in [0.05, 0.1) is 19.5 Å². The summed E-state index contributed by atoms with van der Waals surface area (Å²) in [6.45, 7) is 6.99. The predicted molar refractivity (Wildman–Crippen MR) is 279 cm³/mol. The fourth-order valence-corrected chi connectivity index (χ4v) is 9.48. The van der Waals surface area contributed by atoms with E-state index in [1.54, 1.807) is 55.9 Å². The molecule has 6 atom stereocenters. The monoisotopic (exact) mass is 1070 g/mol. The van der Waals surface area contributed by atoms with Crippen molar-refractivity contribution in [2.45, 2.75) is 128 Å². The van der Waals surface area contributed by atoms with E-state index in [-0.39, 0.29) is 86.3 Å². The molecule has 1 fully saturated rings. The minimum atomic E-state index is -1.75. The highest BCUT2D eigenvalue weighted by atomic mass is 33.1. The van der Waals surface area contributed by atoms with Gasteiger partial charge in [0.15, 0.2) is 11.7 Å². The van der Waals surface area contributed by atoms with Gasteiger partial charge in [0, 0.05) is 42.9 Å². The summed E-state index contributed by atoms with van der Waals surface area (Å²) in [6.07, 6.45) is 3.31. The highest BCUT2D eigenvalue weighted by molar-refractivity contribution is 8.76. The summed E-state index contributed by atoms with van der Waals surface area (Å²) in [6, 6.07) is 0.679. The quantitative estimate of drug-likeness (QED) is 0.0214. The lowest BCUT2D eigenvalue weighted by atomic mass is 10.0. The number of hydrogen-bond donors (Lipinski definition) is 12. The molecule has 72 heavy (non-hydrogen) atoms. The molecule has 0 aliphatic carbocycles. The lowest BCUT2D eigenvalue weighted by Crippen LogP contribution is -2.59. The van der Waals surface area contributed by atoms with E-state index in [0.717, 1.165) is 27.3 Å². The number of ketones is 1. The maximum atomic E-state index is 14.3. The molecule has 26 heteroatoms. The number of amides is 8. The number of carbonyl (C=O) groups excluding carboxylic acids is 9. The van der Waals surface area contributed by atoms with Crippen LogP contribution >= 0.6 is 33.3 Å². The Morgan fingerprint density at radius 3 is 2.19 bits per heavy atom. The Morgan fingerprint density at radius 1 is 0.833 bits per heavy atom. The highest BCUT2D eigenvalue weighted by Gasteiger charge is 2.34. The lowest BCUT2D eigenvalue weighted by molar-refractivity contribution is -0.141. The molecule has 0 unspecified atom stereocenters. The standard InChI is InChI=1S/C46H74N12O11S3/c1-27(2)36(59)23-51-41(65)32(21-29-13-7-6-8-14-29)56-45(69)35-26-72-71-25-34(57-42(66)31(15-9-10-18-49-28(3)4)53-37(60)17-12-20-70-5)44(68)55-30(16-11-19-50-46(47)48)40(64)52-24-38(61)54-33(22-39(62)63)43(67)58-35/h6-8,13-14,27-28,30-35,49H,9-12,15-26H2,1-5H3,(H,51,65)(H,52,64)(H,53,60)(H,54,61)(H,55,68)(H,56,69)(H,57,66)(H,58,67)(H,62,63)(H4,47,48,50)/t30-,31-,32-,33-,34-,35-/m0/s1. The predicted octanol–water partition coefficient (Wildman–Crippen LogP) is -1.17. The smallest absolute Gasteiger partial charge is 0.305 e. The molecule has 1 saturated heterocycles. The topological polar surface area (TPSA) is 364 Å². The molecule has 0 bridgehead atoms. The zero-order valence-electron chi connectivity index (χ0n) is 41.7. The Balaban J connectivity index is 2.59. The van der Waals surface area contributed by atoms with E-state index in [0.29, 0.717) is 31.4 Å². The summed E-state index contributed by atoms with van der Waals surface area (Å²) in [5.74, 6) is -8.40. The maximum Gasteiger partial charge on any atom is 0.305 e. The zero-order chi connectivity index (χ0) is 53.6. The molecule has 1 heterocycles. The molecule has 0 radical (unpaired) electrons. The van der Waals surface area contributed by atoms with Gasteiger partial charge < -0.3 is 64.4 Å². The number of carboxylic acids is 1. The Hall–Kier alpha value is -5.60. The van der Waals surface area contributed by atoms with Crippen LogP contribution < -0.4 is 59.3 Å². The average Bonchev–Trinajstić information content (AvgIpc) is 3.32. The van der Waals surface area contributed by atoms with Gasteiger partial charge in [-0.2, -0.15) is 11.8 Å². The largest absolute Gasteiger partial charge is 0.481 e. The molecule has 402 valence electrons. The van der Waals surface area contributed by atoms with Crippen LogP contribution in [0.2, 0.25) is 0 Å². The number of hydrogen-bond acceptors (Lipinski definition) is 15. The summed E-state index contributed by atoms with van der Waals surface area (Å²) in [5.41, 5.74) is 11.6. The van der Waals surface area contributed by atoms with Crippen molar-refractivity contribution in [3.63, 3.8) is 0 Å². The van der Waals surface area contributed by atoms with Gasteiger partial charge in [-0.25, -0.2) is 0 Å². The molecule has 14 N–H and O–H groups in total. The molecule has 1 aliphatic heterocycles. The summed E-state index contributed by atoms with van der Waals surface area (Å²) in [7, 11) is 1.98. The molecule has 2 rings (SSSR count). The van der Waals surface area contributed by atoms with Crippen molar-refractivity contribution in [2.24, 2.45) is 22.4 Å². The number of nitrogens with zero attached hydrogens (tertiary/aromatic N) is 1. The van der Waals surface area contributed by atoms with Crippen molar-refractivity contribution < 1.29 is 53.1 Å². The van der Waals surface area contributed by atoms with E-state index in [4.69, 9.17) is 11.5 Å². The fraction of sp³-hybridized carbons (Fsp3) is 0.630. The SMILES string of the molecule is CSCCCC(=O)N[C@@H](CCCCNC(C)C)C(=O)N[C@H]1CSSC[C@@H](C(=O)N[C@@H](Cc2ccccc2)C(=O)NCC(=O)C(C)C)NC(=O)[C@H](CC(=O)O)NC(=O)CNC(=O)[C@H](CCCN=C(N)N)NC1=O. The molecule has 8 amide bonds. The maximum absolute atomic E-state index is 14.3.